The molecule has 0 unspecified atom stereocenters. The van der Waals surface area contributed by atoms with Gasteiger partial charge in [0.2, 0.25) is 5.95 Å². The van der Waals surface area contributed by atoms with Gasteiger partial charge in [0, 0.05) is 24.5 Å². The summed E-state index contributed by atoms with van der Waals surface area (Å²) in [6, 6.07) is 18.9. The molecule has 0 spiro atoms. The fourth-order valence-electron chi connectivity index (χ4n) is 3.59. The zero-order chi connectivity index (χ0) is 22.1. The third-order valence-electron chi connectivity index (χ3n) is 5.12. The summed E-state index contributed by atoms with van der Waals surface area (Å²) >= 11 is 1.37. The fraction of sp³-hybridized carbons (Fsp3) is 0.0833. The van der Waals surface area contributed by atoms with Gasteiger partial charge in [-0.3, -0.25) is 9.20 Å². The van der Waals surface area contributed by atoms with Gasteiger partial charge in [-0.15, -0.1) is 11.3 Å². The normalized spacial score (nSPS) is 11.0. The highest BCUT2D eigenvalue weighted by Crippen LogP contribution is 2.28. The number of hydrogen-bond acceptors (Lipinski definition) is 7. The number of anilines is 3. The Hall–Kier alpha value is -4.04. The number of nitrogens with one attached hydrogen (secondary N) is 1. The van der Waals surface area contributed by atoms with Gasteiger partial charge in [-0.2, -0.15) is 0 Å². The maximum Gasteiger partial charge on any atom is 0.228 e. The summed E-state index contributed by atoms with van der Waals surface area (Å²) in [5.74, 6) is 0.484. The number of carbonyl (C=O) groups is 1. The van der Waals surface area contributed by atoms with Gasteiger partial charge in [0.1, 0.15) is 5.65 Å². The maximum atomic E-state index is 12.7. The second-order valence-electron chi connectivity index (χ2n) is 7.33. The molecule has 0 saturated carbocycles. The van der Waals surface area contributed by atoms with Gasteiger partial charge >= 0.3 is 0 Å². The average molecular weight is 441 g/mol. The zero-order valence-electron chi connectivity index (χ0n) is 17.3. The van der Waals surface area contributed by atoms with Gasteiger partial charge in [-0.1, -0.05) is 24.3 Å². The van der Waals surface area contributed by atoms with E-state index in [0.717, 1.165) is 33.3 Å². The van der Waals surface area contributed by atoms with Crippen LogP contribution in [0.1, 0.15) is 20.9 Å². The van der Waals surface area contributed by atoms with E-state index in [9.17, 15) is 4.79 Å². The molecule has 1 aromatic carbocycles. The quantitative estimate of drug-likeness (QED) is 0.287. The van der Waals surface area contributed by atoms with Gasteiger partial charge in [-0.25, -0.2) is 15.0 Å². The second-order valence-corrected chi connectivity index (χ2v) is 8.41. The minimum Gasteiger partial charge on any atom is -0.398 e. The summed E-state index contributed by atoms with van der Waals surface area (Å²) in [5, 5.41) is 4.01. The lowest BCUT2D eigenvalue weighted by Crippen LogP contribution is -2.03. The van der Waals surface area contributed by atoms with Gasteiger partial charge < -0.3 is 11.1 Å². The number of nitrogens with two attached hydrogens (primary N) is 1. The van der Waals surface area contributed by atoms with Crippen LogP contribution in [0.5, 0.6) is 0 Å². The molecule has 0 fully saturated rings. The molecule has 0 saturated heterocycles. The molecule has 158 valence electrons. The number of pyridine rings is 1. The molecule has 3 N–H and O–H groups in total. The van der Waals surface area contributed by atoms with Crippen molar-refractivity contribution in [2.45, 2.75) is 13.3 Å². The number of Topliss-reactive ketones (excluding diaryl/α,β-unsaturated/α-hetero) is 1. The summed E-state index contributed by atoms with van der Waals surface area (Å²) in [6.45, 7) is 1.97. The Bertz CT molecular complexity index is 1440. The van der Waals surface area contributed by atoms with Crippen LogP contribution in [0.25, 0.3) is 17.0 Å². The van der Waals surface area contributed by atoms with Crippen LogP contribution in [0.4, 0.5) is 16.6 Å². The number of aryl methyl sites for hydroxylation is 1. The van der Waals surface area contributed by atoms with Crippen LogP contribution < -0.4 is 11.1 Å². The Morgan fingerprint density at radius 3 is 2.78 bits per heavy atom. The van der Waals surface area contributed by atoms with Crippen LogP contribution in [0.15, 0.2) is 73.1 Å². The highest BCUT2D eigenvalue weighted by atomic mass is 32.1. The van der Waals surface area contributed by atoms with Crippen molar-refractivity contribution in [2.75, 3.05) is 11.1 Å². The second kappa shape index (κ2) is 8.24. The Morgan fingerprint density at radius 2 is 1.91 bits per heavy atom. The van der Waals surface area contributed by atoms with Crippen LogP contribution in [-0.4, -0.2) is 25.1 Å². The number of nitrogens with zero attached hydrogens (tertiary/aromatic N) is 4. The molecule has 0 bridgehead atoms. The van der Waals surface area contributed by atoms with Crippen LogP contribution in [-0.2, 0) is 6.42 Å². The smallest absolute Gasteiger partial charge is 0.228 e. The zero-order valence-corrected chi connectivity index (χ0v) is 18.1. The largest absolute Gasteiger partial charge is 0.398 e. The molecule has 0 aliphatic rings. The van der Waals surface area contributed by atoms with Crippen molar-refractivity contribution < 1.29 is 4.79 Å². The number of nitrogen functional groups attached to an aromatic ring is 1. The SMILES string of the molecule is Cc1nc2ccccn2c1-c1ccnc(Nc2ccc(C(=O)Cc3ccccc3N)s2)n1. The average Bonchev–Trinajstić information content (AvgIpc) is 3.39. The monoisotopic (exact) mass is 440 g/mol. The van der Waals surface area contributed by atoms with E-state index in [0.29, 0.717) is 16.5 Å². The number of thiophene rings is 1. The van der Waals surface area contributed by atoms with E-state index in [1.807, 2.05) is 72.1 Å². The highest BCUT2D eigenvalue weighted by molar-refractivity contribution is 7.18. The van der Waals surface area contributed by atoms with Crippen molar-refractivity contribution in [3.63, 3.8) is 0 Å². The van der Waals surface area contributed by atoms with E-state index in [1.54, 1.807) is 12.3 Å². The lowest BCUT2D eigenvalue weighted by Gasteiger charge is -2.06. The first kappa shape index (κ1) is 19.9. The van der Waals surface area contributed by atoms with Gasteiger partial charge in [0.15, 0.2) is 5.78 Å². The van der Waals surface area contributed by atoms with Crippen LogP contribution in [0.2, 0.25) is 0 Å². The minimum absolute atomic E-state index is 0.0250. The van der Waals surface area contributed by atoms with Crippen molar-refractivity contribution in [3.05, 3.63) is 89.2 Å². The number of para-hydroxylation sites is 1. The lowest BCUT2D eigenvalue weighted by atomic mass is 10.1. The van der Waals surface area contributed by atoms with Crippen molar-refractivity contribution in [1.82, 2.24) is 19.4 Å². The molecule has 0 aliphatic carbocycles. The molecule has 4 heterocycles. The number of hydrogen-bond donors (Lipinski definition) is 2. The first-order valence-corrected chi connectivity index (χ1v) is 10.9. The third-order valence-corrected chi connectivity index (χ3v) is 6.17. The molecule has 5 rings (SSSR count). The van der Waals surface area contributed by atoms with Crippen LogP contribution in [0, 0.1) is 6.92 Å². The van der Waals surface area contributed by atoms with E-state index in [4.69, 9.17) is 5.73 Å². The Balaban J connectivity index is 1.37. The molecular formula is C24H20N6OS. The molecule has 4 aromatic heterocycles. The number of aromatic nitrogens is 4. The van der Waals surface area contributed by atoms with Gasteiger partial charge in [-0.05, 0) is 48.9 Å². The van der Waals surface area contributed by atoms with E-state index < -0.39 is 0 Å². The summed E-state index contributed by atoms with van der Waals surface area (Å²) in [5.41, 5.74) is 10.9. The Labute approximate surface area is 188 Å². The predicted molar refractivity (Wildman–Crippen MR) is 127 cm³/mol. The summed E-state index contributed by atoms with van der Waals surface area (Å²) in [7, 11) is 0. The molecule has 0 atom stereocenters. The summed E-state index contributed by atoms with van der Waals surface area (Å²) < 4.78 is 2.01. The molecule has 0 radical (unpaired) electrons. The van der Waals surface area contributed by atoms with Crippen LogP contribution in [0.3, 0.4) is 0 Å². The predicted octanol–water partition coefficient (Wildman–Crippen LogP) is 4.91. The summed E-state index contributed by atoms with van der Waals surface area (Å²) in [6.07, 6.45) is 3.95. The highest BCUT2D eigenvalue weighted by Gasteiger charge is 2.15. The number of carbonyl (C=O) groups excluding carboxylic acids is 1. The molecular weight excluding hydrogens is 420 g/mol. The van der Waals surface area contributed by atoms with E-state index in [1.165, 1.54) is 11.3 Å². The fourth-order valence-corrected chi connectivity index (χ4v) is 4.43. The number of ketones is 1. The molecule has 5 aromatic rings. The molecule has 0 aliphatic heterocycles. The van der Waals surface area contributed by atoms with Crippen molar-refractivity contribution in [1.29, 1.82) is 0 Å². The van der Waals surface area contributed by atoms with Crippen molar-refractivity contribution in [2.24, 2.45) is 0 Å². The maximum absolute atomic E-state index is 12.7. The number of rotatable bonds is 6. The number of fused-ring (bicyclic) bond motifs is 1. The first-order valence-electron chi connectivity index (χ1n) is 10.1. The Kier molecular flexibility index (Phi) is 5.12. The molecule has 7 nitrogen and oxygen atoms in total. The minimum atomic E-state index is 0.0250. The third kappa shape index (κ3) is 3.83. The standard InChI is InChI=1S/C24H20N6OS/c1-15-23(30-13-5-4-8-21(30)27-15)18-11-12-26-24(28-18)29-22-10-9-20(32-22)19(31)14-16-6-2-3-7-17(16)25/h2-13H,14,25H2,1H3,(H,26,28,29). The summed E-state index contributed by atoms with van der Waals surface area (Å²) in [4.78, 5) is 27.0. The van der Waals surface area contributed by atoms with E-state index in [2.05, 4.69) is 20.3 Å². The topological polar surface area (TPSA) is 98.2 Å². The lowest BCUT2D eigenvalue weighted by molar-refractivity contribution is 0.0997. The van der Waals surface area contributed by atoms with Crippen LogP contribution >= 0.6 is 11.3 Å². The number of imidazole rings is 1. The van der Waals surface area contributed by atoms with E-state index in [-0.39, 0.29) is 12.2 Å². The van der Waals surface area contributed by atoms with Crippen molar-refractivity contribution >= 4 is 39.4 Å². The molecule has 32 heavy (non-hydrogen) atoms. The molecule has 0 amide bonds. The van der Waals surface area contributed by atoms with Gasteiger partial charge in [0.05, 0.1) is 27.0 Å². The Morgan fingerprint density at radius 1 is 1.06 bits per heavy atom. The van der Waals surface area contributed by atoms with Gasteiger partial charge in [0.25, 0.3) is 0 Å². The number of benzene rings is 1. The first-order chi connectivity index (χ1) is 15.6. The molecule has 8 heteroatoms. The van der Waals surface area contributed by atoms with E-state index >= 15 is 0 Å². The van der Waals surface area contributed by atoms with Crippen molar-refractivity contribution in [3.8, 4) is 11.4 Å².